The van der Waals surface area contributed by atoms with Gasteiger partial charge in [-0.05, 0) is 37.0 Å². The summed E-state index contributed by atoms with van der Waals surface area (Å²) < 4.78 is 12.8. The number of rotatable bonds is 5. The molecule has 1 aromatic carbocycles. The number of allylic oxidation sites excluding steroid dienone is 2. The number of carboxylic acids is 1. The van der Waals surface area contributed by atoms with E-state index < -0.39 is 17.8 Å². The molecule has 0 fully saturated rings. The summed E-state index contributed by atoms with van der Waals surface area (Å²) in [7, 11) is 0. The summed E-state index contributed by atoms with van der Waals surface area (Å²) in [6.45, 7) is 0.414. The predicted octanol–water partition coefficient (Wildman–Crippen LogP) is 2.15. The van der Waals surface area contributed by atoms with E-state index in [4.69, 9.17) is 5.11 Å². The van der Waals surface area contributed by atoms with Gasteiger partial charge in [-0.15, -0.1) is 0 Å². The zero-order chi connectivity index (χ0) is 15.2. The van der Waals surface area contributed by atoms with Crippen LogP contribution in [0.25, 0.3) is 0 Å². The number of hydrogen-bond acceptors (Lipinski definition) is 2. The fourth-order valence-corrected chi connectivity index (χ4v) is 2.49. The fourth-order valence-electron chi connectivity index (χ4n) is 2.49. The van der Waals surface area contributed by atoms with Crippen LogP contribution in [0.3, 0.4) is 0 Å². The number of carbonyl (C=O) groups is 2. The van der Waals surface area contributed by atoms with Crippen LogP contribution in [0, 0.1) is 17.7 Å². The zero-order valence-corrected chi connectivity index (χ0v) is 11.6. The standard InChI is InChI=1S/C16H18FNO3/c17-12-7-5-11(6-8-12)9-10-18-15(19)13-3-1-2-4-14(13)16(20)21/h1-2,5-8,13-14H,3-4,9-10H2,(H,18,19)(H,20,21)/t13-,14+/m1/s1. The number of hydrogen-bond donors (Lipinski definition) is 2. The second-order valence-electron chi connectivity index (χ2n) is 5.16. The van der Waals surface area contributed by atoms with Crippen molar-refractivity contribution in [1.29, 1.82) is 0 Å². The first-order valence-electron chi connectivity index (χ1n) is 6.98. The molecule has 1 aliphatic rings. The molecule has 0 spiro atoms. The molecule has 0 aliphatic heterocycles. The van der Waals surface area contributed by atoms with Crippen LogP contribution in [-0.2, 0) is 16.0 Å². The third-order valence-corrected chi connectivity index (χ3v) is 3.71. The highest BCUT2D eigenvalue weighted by Crippen LogP contribution is 2.25. The molecular weight excluding hydrogens is 273 g/mol. The molecule has 2 atom stereocenters. The lowest BCUT2D eigenvalue weighted by Crippen LogP contribution is -2.39. The van der Waals surface area contributed by atoms with Crippen molar-refractivity contribution >= 4 is 11.9 Å². The quantitative estimate of drug-likeness (QED) is 0.817. The third-order valence-electron chi connectivity index (χ3n) is 3.71. The highest BCUT2D eigenvalue weighted by Gasteiger charge is 2.33. The summed E-state index contributed by atoms with van der Waals surface area (Å²) in [5.41, 5.74) is 0.926. The predicted molar refractivity (Wildman–Crippen MR) is 76.1 cm³/mol. The minimum absolute atomic E-state index is 0.228. The number of amides is 1. The molecule has 0 saturated heterocycles. The van der Waals surface area contributed by atoms with Gasteiger partial charge in [0.2, 0.25) is 5.91 Å². The Bertz CT molecular complexity index is 539. The SMILES string of the molecule is O=C(O)[C@H]1CC=CC[C@H]1C(=O)NCCc1ccc(F)cc1. The molecule has 2 N–H and O–H groups in total. The number of carbonyl (C=O) groups excluding carboxylic acids is 1. The summed E-state index contributed by atoms with van der Waals surface area (Å²) in [5, 5.41) is 11.9. The summed E-state index contributed by atoms with van der Waals surface area (Å²) in [6.07, 6.45) is 5.10. The summed E-state index contributed by atoms with van der Waals surface area (Å²) >= 11 is 0. The van der Waals surface area contributed by atoms with Crippen LogP contribution in [0.2, 0.25) is 0 Å². The van der Waals surface area contributed by atoms with E-state index in [2.05, 4.69) is 5.32 Å². The Labute approximate surface area is 122 Å². The second-order valence-corrected chi connectivity index (χ2v) is 5.16. The zero-order valence-electron chi connectivity index (χ0n) is 11.6. The van der Waals surface area contributed by atoms with E-state index in [0.717, 1.165) is 5.56 Å². The summed E-state index contributed by atoms with van der Waals surface area (Å²) in [5.74, 6) is -2.62. The van der Waals surface area contributed by atoms with Crippen LogP contribution in [0.5, 0.6) is 0 Å². The molecule has 1 amide bonds. The highest BCUT2D eigenvalue weighted by atomic mass is 19.1. The third kappa shape index (κ3) is 4.15. The molecule has 0 aromatic heterocycles. The smallest absolute Gasteiger partial charge is 0.307 e. The first-order valence-corrected chi connectivity index (χ1v) is 6.98. The highest BCUT2D eigenvalue weighted by molar-refractivity contribution is 5.85. The van der Waals surface area contributed by atoms with Crippen molar-refractivity contribution in [2.45, 2.75) is 19.3 Å². The molecule has 1 aromatic rings. The van der Waals surface area contributed by atoms with Crippen molar-refractivity contribution in [3.05, 3.63) is 47.8 Å². The fraction of sp³-hybridized carbons (Fsp3) is 0.375. The first-order chi connectivity index (χ1) is 10.1. The molecule has 21 heavy (non-hydrogen) atoms. The molecule has 1 aliphatic carbocycles. The first kappa shape index (κ1) is 15.2. The minimum Gasteiger partial charge on any atom is -0.481 e. The van der Waals surface area contributed by atoms with Crippen LogP contribution in [-0.4, -0.2) is 23.5 Å². The van der Waals surface area contributed by atoms with Crippen LogP contribution in [0.1, 0.15) is 18.4 Å². The van der Waals surface area contributed by atoms with E-state index in [1.54, 1.807) is 18.2 Å². The van der Waals surface area contributed by atoms with Gasteiger partial charge in [0.25, 0.3) is 0 Å². The van der Waals surface area contributed by atoms with E-state index >= 15 is 0 Å². The number of nitrogens with one attached hydrogen (secondary N) is 1. The van der Waals surface area contributed by atoms with Crippen molar-refractivity contribution in [3.63, 3.8) is 0 Å². The normalized spacial score (nSPS) is 21.0. The van der Waals surface area contributed by atoms with Crippen LogP contribution < -0.4 is 5.32 Å². The van der Waals surface area contributed by atoms with Crippen molar-refractivity contribution < 1.29 is 19.1 Å². The Morgan fingerprint density at radius 3 is 2.38 bits per heavy atom. The Morgan fingerprint density at radius 1 is 1.14 bits per heavy atom. The van der Waals surface area contributed by atoms with E-state index in [1.807, 2.05) is 6.08 Å². The van der Waals surface area contributed by atoms with Gasteiger partial charge in [0.1, 0.15) is 5.82 Å². The molecule has 0 radical (unpaired) electrons. The number of benzene rings is 1. The Kier molecular flexibility index (Phi) is 5.09. The largest absolute Gasteiger partial charge is 0.481 e. The monoisotopic (exact) mass is 291 g/mol. The lowest BCUT2D eigenvalue weighted by molar-refractivity contribution is -0.147. The van der Waals surface area contributed by atoms with Crippen molar-refractivity contribution in [1.82, 2.24) is 5.32 Å². The van der Waals surface area contributed by atoms with Gasteiger partial charge in [0, 0.05) is 6.54 Å². The van der Waals surface area contributed by atoms with Gasteiger partial charge in [-0.1, -0.05) is 24.3 Å². The number of aliphatic carboxylic acids is 1. The molecular formula is C16H18FNO3. The van der Waals surface area contributed by atoms with E-state index in [0.29, 0.717) is 25.8 Å². The molecule has 0 saturated carbocycles. The molecule has 0 heterocycles. The molecule has 112 valence electrons. The average Bonchev–Trinajstić information content (AvgIpc) is 2.49. The Balaban J connectivity index is 1.85. The lowest BCUT2D eigenvalue weighted by Gasteiger charge is -2.24. The maximum atomic E-state index is 12.8. The number of halogens is 1. The lowest BCUT2D eigenvalue weighted by atomic mass is 9.82. The van der Waals surface area contributed by atoms with Gasteiger partial charge in [-0.3, -0.25) is 9.59 Å². The van der Waals surface area contributed by atoms with Gasteiger partial charge < -0.3 is 10.4 Å². The molecule has 0 bridgehead atoms. The van der Waals surface area contributed by atoms with Crippen LogP contribution >= 0.6 is 0 Å². The molecule has 0 unspecified atom stereocenters. The van der Waals surface area contributed by atoms with Crippen molar-refractivity contribution in [3.8, 4) is 0 Å². The van der Waals surface area contributed by atoms with Gasteiger partial charge in [-0.2, -0.15) is 0 Å². The van der Waals surface area contributed by atoms with Crippen molar-refractivity contribution in [2.24, 2.45) is 11.8 Å². The molecule has 4 nitrogen and oxygen atoms in total. The summed E-state index contributed by atoms with van der Waals surface area (Å²) in [4.78, 5) is 23.2. The molecule has 5 heteroatoms. The van der Waals surface area contributed by atoms with Gasteiger partial charge in [-0.25, -0.2) is 4.39 Å². The van der Waals surface area contributed by atoms with E-state index in [-0.39, 0.29) is 11.7 Å². The van der Waals surface area contributed by atoms with E-state index in [9.17, 15) is 14.0 Å². The van der Waals surface area contributed by atoms with Gasteiger partial charge in [0.05, 0.1) is 11.8 Å². The maximum absolute atomic E-state index is 12.8. The average molecular weight is 291 g/mol. The summed E-state index contributed by atoms with van der Waals surface area (Å²) in [6, 6.07) is 6.10. The molecule has 2 rings (SSSR count). The van der Waals surface area contributed by atoms with E-state index in [1.165, 1.54) is 12.1 Å². The second kappa shape index (κ2) is 7.02. The maximum Gasteiger partial charge on any atom is 0.307 e. The Hall–Kier alpha value is -2.17. The Morgan fingerprint density at radius 2 is 1.76 bits per heavy atom. The minimum atomic E-state index is -0.932. The number of carboxylic acid groups (broad SMARTS) is 1. The van der Waals surface area contributed by atoms with Crippen LogP contribution in [0.15, 0.2) is 36.4 Å². The topological polar surface area (TPSA) is 66.4 Å². The van der Waals surface area contributed by atoms with Crippen LogP contribution in [0.4, 0.5) is 4.39 Å². The van der Waals surface area contributed by atoms with Gasteiger partial charge in [0.15, 0.2) is 0 Å². The van der Waals surface area contributed by atoms with Crippen molar-refractivity contribution in [2.75, 3.05) is 6.54 Å². The van der Waals surface area contributed by atoms with Gasteiger partial charge >= 0.3 is 5.97 Å².